The van der Waals surface area contributed by atoms with Crippen LogP contribution >= 0.6 is 0 Å². The Balaban J connectivity index is 2.45. The first-order valence-electron chi connectivity index (χ1n) is 5.29. The summed E-state index contributed by atoms with van der Waals surface area (Å²) in [5.41, 5.74) is 0. The maximum Gasteiger partial charge on any atom is 0.252 e. The average molecular weight is 213 g/mol. The third-order valence-corrected chi connectivity index (χ3v) is 2.43. The molecule has 0 aromatic heterocycles. The molecule has 15 heavy (non-hydrogen) atoms. The monoisotopic (exact) mass is 213 g/mol. The van der Waals surface area contributed by atoms with Crippen LogP contribution in [0.3, 0.4) is 0 Å². The van der Waals surface area contributed by atoms with E-state index in [9.17, 15) is 4.79 Å². The molecule has 0 saturated carbocycles. The molecule has 4 heteroatoms. The van der Waals surface area contributed by atoms with Gasteiger partial charge in [-0.1, -0.05) is 6.08 Å². The molecule has 86 valence electrons. The zero-order valence-electron chi connectivity index (χ0n) is 9.28. The Labute approximate surface area is 90.8 Å². The van der Waals surface area contributed by atoms with Crippen LogP contribution in [0.2, 0.25) is 0 Å². The third kappa shape index (κ3) is 3.64. The summed E-state index contributed by atoms with van der Waals surface area (Å²) in [5, 5.41) is 0. The van der Waals surface area contributed by atoms with Crippen LogP contribution in [0.25, 0.3) is 0 Å². The standard InChI is InChI=1S/C11H19NO3/c1-3-6-12(7-9-14-2)11(13)10-5-4-8-15-10/h3,10H,1,4-9H2,2H3/t10-/m0/s1. The zero-order valence-corrected chi connectivity index (χ0v) is 9.28. The largest absolute Gasteiger partial charge is 0.383 e. The minimum Gasteiger partial charge on any atom is -0.383 e. The van der Waals surface area contributed by atoms with Gasteiger partial charge in [0.1, 0.15) is 6.10 Å². The Hall–Kier alpha value is -0.870. The average Bonchev–Trinajstić information content (AvgIpc) is 2.76. The van der Waals surface area contributed by atoms with Gasteiger partial charge in [0.2, 0.25) is 0 Å². The molecule has 1 saturated heterocycles. The molecule has 0 bridgehead atoms. The van der Waals surface area contributed by atoms with Crippen LogP contribution in [0.5, 0.6) is 0 Å². The number of rotatable bonds is 6. The quantitative estimate of drug-likeness (QED) is 0.613. The van der Waals surface area contributed by atoms with Gasteiger partial charge in [0.05, 0.1) is 6.61 Å². The molecule has 0 spiro atoms. The van der Waals surface area contributed by atoms with Gasteiger partial charge in [0.25, 0.3) is 5.91 Å². The number of nitrogens with zero attached hydrogens (tertiary/aromatic N) is 1. The molecule has 1 aliphatic rings. The van der Waals surface area contributed by atoms with Crippen molar-refractivity contribution >= 4 is 5.91 Å². The summed E-state index contributed by atoms with van der Waals surface area (Å²) >= 11 is 0. The van der Waals surface area contributed by atoms with Gasteiger partial charge in [-0.05, 0) is 12.8 Å². The van der Waals surface area contributed by atoms with E-state index in [2.05, 4.69) is 6.58 Å². The minimum atomic E-state index is -0.248. The summed E-state index contributed by atoms with van der Waals surface area (Å²) in [5.74, 6) is 0.0597. The van der Waals surface area contributed by atoms with Crippen LogP contribution in [0.15, 0.2) is 12.7 Å². The second-order valence-corrected chi connectivity index (χ2v) is 3.57. The lowest BCUT2D eigenvalue weighted by atomic mass is 10.2. The van der Waals surface area contributed by atoms with Gasteiger partial charge in [-0.2, -0.15) is 0 Å². The number of hydrogen-bond acceptors (Lipinski definition) is 3. The van der Waals surface area contributed by atoms with Crippen molar-refractivity contribution in [3.63, 3.8) is 0 Å². The van der Waals surface area contributed by atoms with Crippen LogP contribution in [0.4, 0.5) is 0 Å². The van der Waals surface area contributed by atoms with Gasteiger partial charge in [-0.3, -0.25) is 4.79 Å². The van der Waals surface area contributed by atoms with Crippen LogP contribution in [-0.4, -0.2) is 50.3 Å². The summed E-state index contributed by atoms with van der Waals surface area (Å²) in [6.45, 7) is 6.04. The van der Waals surface area contributed by atoms with E-state index in [1.807, 2.05) is 0 Å². The highest BCUT2D eigenvalue weighted by molar-refractivity contribution is 5.81. The number of hydrogen-bond donors (Lipinski definition) is 0. The first-order chi connectivity index (χ1) is 7.29. The summed E-state index contributed by atoms with van der Waals surface area (Å²) in [4.78, 5) is 13.7. The molecule has 0 N–H and O–H groups in total. The molecule has 0 unspecified atom stereocenters. The predicted octanol–water partition coefficient (Wildman–Crippen LogP) is 0.826. The van der Waals surface area contributed by atoms with Gasteiger partial charge >= 0.3 is 0 Å². The Bertz CT molecular complexity index is 212. The van der Waals surface area contributed by atoms with E-state index in [-0.39, 0.29) is 12.0 Å². The number of carbonyl (C=O) groups is 1. The van der Waals surface area contributed by atoms with Crippen molar-refractivity contribution in [3.05, 3.63) is 12.7 Å². The van der Waals surface area contributed by atoms with Gasteiger partial charge in [0, 0.05) is 26.8 Å². The number of methoxy groups -OCH3 is 1. The predicted molar refractivity (Wildman–Crippen MR) is 57.6 cm³/mol. The van der Waals surface area contributed by atoms with Gasteiger partial charge < -0.3 is 14.4 Å². The van der Waals surface area contributed by atoms with Crippen molar-refractivity contribution in [3.8, 4) is 0 Å². The molecule has 1 fully saturated rings. The van der Waals surface area contributed by atoms with Crippen LogP contribution in [0, 0.1) is 0 Å². The summed E-state index contributed by atoms with van der Waals surface area (Å²) in [7, 11) is 1.63. The lowest BCUT2D eigenvalue weighted by Crippen LogP contribution is -2.40. The topological polar surface area (TPSA) is 38.8 Å². The van der Waals surface area contributed by atoms with Crippen LogP contribution in [0.1, 0.15) is 12.8 Å². The smallest absolute Gasteiger partial charge is 0.252 e. The molecule has 1 aliphatic heterocycles. The fourth-order valence-electron chi connectivity index (χ4n) is 1.62. The van der Waals surface area contributed by atoms with Crippen molar-refractivity contribution in [2.24, 2.45) is 0 Å². The van der Waals surface area contributed by atoms with Gasteiger partial charge in [0.15, 0.2) is 0 Å². The van der Waals surface area contributed by atoms with Crippen molar-refractivity contribution in [2.45, 2.75) is 18.9 Å². The van der Waals surface area contributed by atoms with E-state index < -0.39 is 0 Å². The maximum absolute atomic E-state index is 11.9. The van der Waals surface area contributed by atoms with Crippen molar-refractivity contribution in [2.75, 3.05) is 33.4 Å². The molecule has 0 aromatic rings. The fraction of sp³-hybridized carbons (Fsp3) is 0.727. The Morgan fingerprint density at radius 3 is 3.07 bits per heavy atom. The summed E-state index contributed by atoms with van der Waals surface area (Å²) in [6.07, 6.45) is 3.28. The Morgan fingerprint density at radius 2 is 2.53 bits per heavy atom. The molecule has 1 atom stereocenters. The van der Waals surface area contributed by atoms with E-state index in [4.69, 9.17) is 9.47 Å². The van der Waals surface area contributed by atoms with Gasteiger partial charge in [-0.25, -0.2) is 0 Å². The van der Waals surface area contributed by atoms with E-state index in [0.29, 0.717) is 26.3 Å². The Morgan fingerprint density at radius 1 is 1.73 bits per heavy atom. The molecule has 1 rings (SSSR count). The molecule has 0 radical (unpaired) electrons. The van der Waals surface area contributed by atoms with Crippen LogP contribution < -0.4 is 0 Å². The normalized spacial score (nSPS) is 20.2. The zero-order chi connectivity index (χ0) is 11.1. The third-order valence-electron chi connectivity index (χ3n) is 2.43. The SMILES string of the molecule is C=CCN(CCOC)C(=O)[C@@H]1CCCO1. The molecule has 1 heterocycles. The van der Waals surface area contributed by atoms with Crippen LogP contribution in [-0.2, 0) is 14.3 Å². The lowest BCUT2D eigenvalue weighted by molar-refractivity contribution is -0.141. The van der Waals surface area contributed by atoms with E-state index in [1.54, 1.807) is 18.1 Å². The second kappa shape index (κ2) is 6.58. The molecule has 0 aromatic carbocycles. The first-order valence-corrected chi connectivity index (χ1v) is 5.29. The second-order valence-electron chi connectivity index (χ2n) is 3.57. The number of carbonyl (C=O) groups excluding carboxylic acids is 1. The van der Waals surface area contributed by atoms with E-state index >= 15 is 0 Å². The summed E-state index contributed by atoms with van der Waals surface area (Å²) < 4.78 is 10.3. The molecular weight excluding hydrogens is 194 g/mol. The highest BCUT2D eigenvalue weighted by Gasteiger charge is 2.27. The first kappa shape index (κ1) is 12.2. The van der Waals surface area contributed by atoms with E-state index in [0.717, 1.165) is 12.8 Å². The highest BCUT2D eigenvalue weighted by Crippen LogP contribution is 2.14. The van der Waals surface area contributed by atoms with Gasteiger partial charge in [-0.15, -0.1) is 6.58 Å². The maximum atomic E-state index is 11.9. The van der Waals surface area contributed by atoms with Crippen molar-refractivity contribution < 1.29 is 14.3 Å². The van der Waals surface area contributed by atoms with E-state index in [1.165, 1.54) is 0 Å². The number of amides is 1. The molecular formula is C11H19NO3. The Kier molecular flexibility index (Phi) is 5.36. The van der Waals surface area contributed by atoms with Crippen molar-refractivity contribution in [1.29, 1.82) is 0 Å². The highest BCUT2D eigenvalue weighted by atomic mass is 16.5. The number of ether oxygens (including phenoxy) is 2. The molecule has 0 aliphatic carbocycles. The summed E-state index contributed by atoms with van der Waals surface area (Å²) in [6, 6.07) is 0. The molecule has 1 amide bonds. The molecule has 4 nitrogen and oxygen atoms in total. The fourth-order valence-corrected chi connectivity index (χ4v) is 1.62. The van der Waals surface area contributed by atoms with Crippen molar-refractivity contribution in [1.82, 2.24) is 4.90 Å². The minimum absolute atomic E-state index is 0.0597. The lowest BCUT2D eigenvalue weighted by Gasteiger charge is -2.23.